The van der Waals surface area contributed by atoms with Crippen LogP contribution in [0.15, 0.2) is 12.7 Å². The van der Waals surface area contributed by atoms with Crippen LogP contribution in [0.4, 0.5) is 4.79 Å². The van der Waals surface area contributed by atoms with Crippen LogP contribution in [0.25, 0.3) is 0 Å². The largest absolute Gasteiger partial charge is 0.510 e. The fourth-order valence-electron chi connectivity index (χ4n) is 0.909. The van der Waals surface area contributed by atoms with Gasteiger partial charge in [-0.25, -0.2) is 4.79 Å². The van der Waals surface area contributed by atoms with Crippen LogP contribution >= 0.6 is 0 Å². The first kappa shape index (κ1) is 9.06. The smallest absolute Gasteiger partial charge is 0.430 e. The lowest BCUT2D eigenvalue weighted by atomic mass is 10.4. The minimum atomic E-state index is -0.693. The number of ether oxygens (including phenoxy) is 3. The molecule has 1 saturated heterocycles. The van der Waals surface area contributed by atoms with E-state index in [1.165, 1.54) is 6.08 Å². The molecule has 1 heterocycles. The van der Waals surface area contributed by atoms with E-state index in [9.17, 15) is 4.79 Å². The van der Waals surface area contributed by atoms with Crippen LogP contribution in [0.1, 0.15) is 12.8 Å². The van der Waals surface area contributed by atoms with Crippen LogP contribution in [0, 0.1) is 0 Å². The van der Waals surface area contributed by atoms with E-state index in [0.29, 0.717) is 6.61 Å². The van der Waals surface area contributed by atoms with Gasteiger partial charge in [-0.3, -0.25) is 0 Å². The van der Waals surface area contributed by atoms with Crippen LogP contribution in [0.5, 0.6) is 0 Å². The Hall–Kier alpha value is -1.03. The Labute approximate surface area is 71.1 Å². The Morgan fingerprint density at radius 2 is 2.58 bits per heavy atom. The van der Waals surface area contributed by atoms with Crippen LogP contribution < -0.4 is 0 Å². The van der Waals surface area contributed by atoms with Gasteiger partial charge < -0.3 is 14.2 Å². The predicted molar refractivity (Wildman–Crippen MR) is 41.6 cm³/mol. The van der Waals surface area contributed by atoms with E-state index >= 15 is 0 Å². The summed E-state index contributed by atoms with van der Waals surface area (Å²) in [5, 5.41) is 0. The first-order valence-electron chi connectivity index (χ1n) is 3.89. The molecule has 68 valence electrons. The van der Waals surface area contributed by atoms with Gasteiger partial charge in [0.15, 0.2) is 0 Å². The van der Waals surface area contributed by atoms with E-state index in [4.69, 9.17) is 9.47 Å². The molecule has 1 rings (SSSR count). The lowest BCUT2D eigenvalue weighted by Gasteiger charge is -2.09. The summed E-state index contributed by atoms with van der Waals surface area (Å²) in [6.45, 7) is 4.22. The van der Waals surface area contributed by atoms with E-state index in [-0.39, 0.29) is 6.61 Å². The van der Waals surface area contributed by atoms with E-state index < -0.39 is 12.4 Å². The zero-order valence-corrected chi connectivity index (χ0v) is 6.82. The first-order chi connectivity index (χ1) is 5.83. The average molecular weight is 172 g/mol. The van der Waals surface area contributed by atoms with Gasteiger partial charge in [-0.15, -0.1) is 0 Å². The fourth-order valence-corrected chi connectivity index (χ4v) is 0.909. The molecule has 0 radical (unpaired) electrons. The summed E-state index contributed by atoms with van der Waals surface area (Å²) in [4.78, 5) is 10.8. The van der Waals surface area contributed by atoms with Crippen molar-refractivity contribution in [1.29, 1.82) is 0 Å². The monoisotopic (exact) mass is 172 g/mol. The van der Waals surface area contributed by atoms with Crippen molar-refractivity contribution in [1.82, 2.24) is 0 Å². The molecule has 0 aliphatic carbocycles. The van der Waals surface area contributed by atoms with E-state index in [1.807, 2.05) is 0 Å². The second kappa shape index (κ2) is 4.77. The van der Waals surface area contributed by atoms with Gasteiger partial charge in [0, 0.05) is 6.42 Å². The zero-order chi connectivity index (χ0) is 8.81. The molecule has 0 spiro atoms. The molecule has 0 N–H and O–H groups in total. The summed E-state index contributed by atoms with van der Waals surface area (Å²) in [5.74, 6) is 0. The van der Waals surface area contributed by atoms with Crippen LogP contribution in [0.2, 0.25) is 0 Å². The molecule has 0 bridgehead atoms. The second-order valence-electron chi connectivity index (χ2n) is 2.41. The molecule has 1 aliphatic rings. The molecular weight excluding hydrogens is 160 g/mol. The third-order valence-corrected chi connectivity index (χ3v) is 1.43. The molecule has 1 aliphatic heterocycles. The quantitative estimate of drug-likeness (QED) is 0.477. The Kier molecular flexibility index (Phi) is 3.60. The first-order valence-corrected chi connectivity index (χ1v) is 3.89. The van der Waals surface area contributed by atoms with Crippen molar-refractivity contribution in [3.8, 4) is 0 Å². The van der Waals surface area contributed by atoms with Gasteiger partial charge in [0.05, 0.1) is 6.61 Å². The minimum Gasteiger partial charge on any atom is -0.430 e. The fraction of sp³-hybridized carbons (Fsp3) is 0.625. The SMILES string of the molecule is C=CCOC(=O)OC1CCCO1. The summed E-state index contributed by atoms with van der Waals surface area (Å²) >= 11 is 0. The van der Waals surface area contributed by atoms with E-state index in [0.717, 1.165) is 12.8 Å². The normalized spacial score (nSPS) is 21.8. The van der Waals surface area contributed by atoms with Crippen LogP contribution in [-0.4, -0.2) is 25.7 Å². The maximum Gasteiger partial charge on any atom is 0.510 e. The summed E-state index contributed by atoms with van der Waals surface area (Å²) < 4.78 is 14.4. The van der Waals surface area contributed by atoms with Crippen molar-refractivity contribution in [3.63, 3.8) is 0 Å². The van der Waals surface area contributed by atoms with Gasteiger partial charge in [-0.1, -0.05) is 12.7 Å². The Balaban J connectivity index is 2.11. The van der Waals surface area contributed by atoms with Crippen molar-refractivity contribution in [2.75, 3.05) is 13.2 Å². The van der Waals surface area contributed by atoms with Gasteiger partial charge in [0.1, 0.15) is 6.61 Å². The number of hydrogen-bond donors (Lipinski definition) is 0. The number of carbonyl (C=O) groups is 1. The molecule has 1 unspecified atom stereocenters. The number of carbonyl (C=O) groups excluding carboxylic acids is 1. The van der Waals surface area contributed by atoms with Crippen molar-refractivity contribution >= 4 is 6.16 Å². The molecule has 12 heavy (non-hydrogen) atoms. The zero-order valence-electron chi connectivity index (χ0n) is 6.82. The highest BCUT2D eigenvalue weighted by Gasteiger charge is 2.20. The summed E-state index contributed by atoms with van der Waals surface area (Å²) in [6, 6.07) is 0. The molecule has 1 atom stereocenters. The van der Waals surface area contributed by atoms with E-state index in [2.05, 4.69) is 11.3 Å². The van der Waals surface area contributed by atoms with Crippen molar-refractivity contribution < 1.29 is 19.0 Å². The molecule has 1 fully saturated rings. The molecule has 0 amide bonds. The number of hydrogen-bond acceptors (Lipinski definition) is 4. The van der Waals surface area contributed by atoms with Gasteiger partial charge in [0.25, 0.3) is 0 Å². The van der Waals surface area contributed by atoms with E-state index in [1.54, 1.807) is 0 Å². The summed E-state index contributed by atoms with van der Waals surface area (Å²) in [5.41, 5.74) is 0. The lowest BCUT2D eigenvalue weighted by molar-refractivity contribution is -0.0899. The topological polar surface area (TPSA) is 44.8 Å². The molecule has 0 aromatic rings. The van der Waals surface area contributed by atoms with Gasteiger partial charge in [-0.05, 0) is 6.42 Å². The van der Waals surface area contributed by atoms with Crippen LogP contribution in [-0.2, 0) is 14.2 Å². The molecular formula is C8H12O4. The molecule has 4 heteroatoms. The van der Waals surface area contributed by atoms with Gasteiger partial charge in [0.2, 0.25) is 6.29 Å². The molecule has 4 nitrogen and oxygen atoms in total. The molecule has 0 saturated carbocycles. The Morgan fingerprint density at radius 3 is 3.17 bits per heavy atom. The van der Waals surface area contributed by atoms with Crippen molar-refractivity contribution in [2.45, 2.75) is 19.1 Å². The third kappa shape index (κ3) is 2.92. The Morgan fingerprint density at radius 1 is 1.75 bits per heavy atom. The lowest BCUT2D eigenvalue weighted by Crippen LogP contribution is -2.17. The Bertz CT molecular complexity index is 160. The van der Waals surface area contributed by atoms with Crippen molar-refractivity contribution in [2.24, 2.45) is 0 Å². The van der Waals surface area contributed by atoms with Crippen molar-refractivity contribution in [3.05, 3.63) is 12.7 Å². The maximum absolute atomic E-state index is 10.8. The molecule has 0 aromatic heterocycles. The number of rotatable bonds is 3. The summed E-state index contributed by atoms with van der Waals surface area (Å²) in [6.07, 6.45) is 2.06. The summed E-state index contributed by atoms with van der Waals surface area (Å²) in [7, 11) is 0. The van der Waals surface area contributed by atoms with Gasteiger partial charge in [-0.2, -0.15) is 0 Å². The predicted octanol–water partition coefficient (Wildman–Crippen LogP) is 1.46. The minimum absolute atomic E-state index is 0.172. The molecule has 0 aromatic carbocycles. The van der Waals surface area contributed by atoms with Gasteiger partial charge >= 0.3 is 6.16 Å². The highest BCUT2D eigenvalue weighted by atomic mass is 16.8. The van der Waals surface area contributed by atoms with Crippen LogP contribution in [0.3, 0.4) is 0 Å². The maximum atomic E-state index is 10.8. The average Bonchev–Trinajstić information content (AvgIpc) is 2.53. The third-order valence-electron chi connectivity index (χ3n) is 1.43. The highest BCUT2D eigenvalue weighted by Crippen LogP contribution is 2.13. The highest BCUT2D eigenvalue weighted by molar-refractivity contribution is 5.60. The second-order valence-corrected chi connectivity index (χ2v) is 2.41. The standard InChI is InChI=1S/C8H12O4/c1-2-5-11-8(9)12-7-4-3-6-10-7/h2,7H,1,3-6H2.